The lowest BCUT2D eigenvalue weighted by Crippen LogP contribution is -2.46. The van der Waals surface area contributed by atoms with Crippen LogP contribution in [0.4, 0.5) is 10.6 Å². The Morgan fingerprint density at radius 2 is 1.74 bits per heavy atom. The number of hydrogen-bond donors (Lipinski definition) is 0. The number of halogens is 1. The van der Waals surface area contributed by atoms with Crippen molar-refractivity contribution in [2.75, 3.05) is 49.9 Å². The van der Waals surface area contributed by atoms with Gasteiger partial charge in [-0.1, -0.05) is 23.9 Å². The quantitative estimate of drug-likeness (QED) is 0.660. The fourth-order valence-corrected chi connectivity index (χ4v) is 5.03. The second-order valence-corrected chi connectivity index (χ2v) is 8.37. The Morgan fingerprint density at radius 1 is 1.00 bits per heavy atom. The molecule has 2 saturated heterocycles. The summed E-state index contributed by atoms with van der Waals surface area (Å²) in [6.07, 6.45) is 1.90. The van der Waals surface area contributed by atoms with Crippen molar-refractivity contribution >= 4 is 62.8 Å². The lowest BCUT2D eigenvalue weighted by atomic mass is 10.2. The fourth-order valence-electron chi connectivity index (χ4n) is 3.49. The molecule has 146 valence electrons. The molecule has 27 heavy (non-hydrogen) atoms. The molecule has 4 rings (SSSR count). The summed E-state index contributed by atoms with van der Waals surface area (Å²) < 4.78 is 5.90. The van der Waals surface area contributed by atoms with E-state index < -0.39 is 0 Å². The number of unbranched alkanes of at least 4 members (excludes halogenated alkanes) is 1. The smallest absolute Gasteiger partial charge is 0.288 e. The van der Waals surface area contributed by atoms with Gasteiger partial charge < -0.3 is 4.90 Å². The predicted octanol–water partition coefficient (Wildman–Crippen LogP) is 3.32. The van der Waals surface area contributed by atoms with E-state index in [0.29, 0.717) is 12.3 Å². The Labute approximate surface area is 173 Å². The maximum atomic E-state index is 11.6. The number of aromatic nitrogens is 1. The van der Waals surface area contributed by atoms with Gasteiger partial charge in [0.05, 0.1) is 10.5 Å². The summed E-state index contributed by atoms with van der Waals surface area (Å²) in [6, 6.07) is 8.41. The normalized spacial score (nSPS) is 18.4. The van der Waals surface area contributed by atoms with E-state index in [1.54, 1.807) is 11.5 Å². The summed E-state index contributed by atoms with van der Waals surface area (Å²) in [4.78, 5) is 29.4. The molecule has 0 bridgehead atoms. The third kappa shape index (κ3) is 4.56. The third-order valence-electron chi connectivity index (χ3n) is 4.98. The molecule has 9 heteroatoms. The molecule has 1 aromatic carbocycles. The second kappa shape index (κ2) is 9.23. The van der Waals surface area contributed by atoms with Gasteiger partial charge in [-0.05, 0) is 43.1 Å². The lowest BCUT2D eigenvalue weighted by molar-refractivity contribution is -0.124. The van der Waals surface area contributed by atoms with Gasteiger partial charge in [0.1, 0.15) is 5.82 Å². The van der Waals surface area contributed by atoms with Crippen LogP contribution in [0.2, 0.25) is 0 Å². The number of fused-ring (bicyclic) bond motifs is 1. The van der Waals surface area contributed by atoms with Gasteiger partial charge in [0.15, 0.2) is 0 Å². The summed E-state index contributed by atoms with van der Waals surface area (Å²) in [5.41, 5.74) is 0. The fraction of sp³-hybridized carbons (Fsp3) is 0.500. The number of amides is 2. The predicted molar refractivity (Wildman–Crippen MR) is 114 cm³/mol. The molecule has 2 aliphatic heterocycles. The van der Waals surface area contributed by atoms with E-state index in [-0.39, 0.29) is 23.6 Å². The third-order valence-corrected chi connectivity index (χ3v) is 6.65. The van der Waals surface area contributed by atoms with Crippen LogP contribution in [0.25, 0.3) is 10.1 Å². The molecule has 2 amide bonds. The van der Waals surface area contributed by atoms with Crippen molar-refractivity contribution in [1.29, 1.82) is 0 Å². The number of nitrogens with zero attached hydrogens (tertiary/aromatic N) is 4. The average Bonchev–Trinajstić information content (AvgIpc) is 3.23. The molecule has 2 aromatic rings. The van der Waals surface area contributed by atoms with Crippen LogP contribution in [0.5, 0.6) is 0 Å². The zero-order valence-electron chi connectivity index (χ0n) is 15.0. The van der Waals surface area contributed by atoms with Crippen LogP contribution in [0.1, 0.15) is 12.8 Å². The van der Waals surface area contributed by atoms with Crippen molar-refractivity contribution in [3.05, 3.63) is 24.3 Å². The number of carbonyl (C=O) groups excluding carboxylic acids is 2. The minimum Gasteiger partial charge on any atom is -0.353 e. The standard InChI is InChI=1S/C18H22N4O2S2.ClH/c23-16-13-25-18(24)22(16)8-4-3-7-20-9-11-21(12-10-20)17-14-5-1-2-6-15(14)26-19-17;/h1-2,5-6H,3-4,7-13H2;1H. The molecule has 3 heterocycles. The summed E-state index contributed by atoms with van der Waals surface area (Å²) in [5.74, 6) is 1.39. The van der Waals surface area contributed by atoms with Crippen LogP contribution in [0.3, 0.4) is 0 Å². The Kier molecular flexibility index (Phi) is 6.97. The van der Waals surface area contributed by atoms with Gasteiger partial charge in [0.2, 0.25) is 5.91 Å². The van der Waals surface area contributed by atoms with E-state index >= 15 is 0 Å². The summed E-state index contributed by atoms with van der Waals surface area (Å²) in [7, 11) is 0. The van der Waals surface area contributed by atoms with Gasteiger partial charge in [-0.3, -0.25) is 19.4 Å². The molecular weight excluding hydrogens is 404 g/mol. The summed E-state index contributed by atoms with van der Waals surface area (Å²) in [6.45, 7) is 5.64. The van der Waals surface area contributed by atoms with E-state index in [1.807, 2.05) is 0 Å². The van der Waals surface area contributed by atoms with Gasteiger partial charge in [-0.2, -0.15) is 4.37 Å². The highest BCUT2D eigenvalue weighted by Gasteiger charge is 2.29. The minimum atomic E-state index is -0.0842. The van der Waals surface area contributed by atoms with Crippen LogP contribution >= 0.6 is 35.7 Å². The number of piperazine rings is 1. The van der Waals surface area contributed by atoms with E-state index in [0.717, 1.165) is 63.1 Å². The van der Waals surface area contributed by atoms with E-state index in [4.69, 9.17) is 0 Å². The van der Waals surface area contributed by atoms with Gasteiger partial charge in [-0.25, -0.2) is 0 Å². The van der Waals surface area contributed by atoms with Crippen molar-refractivity contribution in [3.8, 4) is 0 Å². The Balaban J connectivity index is 0.00000210. The van der Waals surface area contributed by atoms with E-state index in [2.05, 4.69) is 38.4 Å². The SMILES string of the molecule is Cl.O=C1CSC(=O)N1CCCCN1CCN(c2nsc3ccccc23)CC1. The monoisotopic (exact) mass is 426 g/mol. The number of imide groups is 1. The molecular formula is C18H23ClN4O2S2. The number of carbonyl (C=O) groups is 2. The van der Waals surface area contributed by atoms with E-state index in [1.165, 1.54) is 15.0 Å². The zero-order valence-corrected chi connectivity index (χ0v) is 17.5. The van der Waals surface area contributed by atoms with Crippen molar-refractivity contribution in [2.24, 2.45) is 0 Å². The Hall–Kier alpha value is -1.35. The molecule has 0 unspecified atom stereocenters. The second-order valence-electron chi connectivity index (χ2n) is 6.64. The van der Waals surface area contributed by atoms with Crippen LogP contribution in [0.15, 0.2) is 24.3 Å². The molecule has 0 aliphatic carbocycles. The first kappa shape index (κ1) is 20.4. The highest BCUT2D eigenvalue weighted by atomic mass is 35.5. The molecule has 0 saturated carbocycles. The molecule has 0 N–H and O–H groups in total. The summed E-state index contributed by atoms with van der Waals surface area (Å²) >= 11 is 2.69. The Bertz CT molecular complexity index is 792. The number of benzene rings is 1. The van der Waals surface area contributed by atoms with Crippen LogP contribution in [-0.4, -0.2) is 70.3 Å². The van der Waals surface area contributed by atoms with Gasteiger partial charge >= 0.3 is 0 Å². The van der Waals surface area contributed by atoms with E-state index in [9.17, 15) is 9.59 Å². The maximum absolute atomic E-state index is 11.6. The lowest BCUT2D eigenvalue weighted by Gasteiger charge is -2.35. The van der Waals surface area contributed by atoms with Crippen molar-refractivity contribution in [2.45, 2.75) is 12.8 Å². The molecule has 6 nitrogen and oxygen atoms in total. The molecule has 2 aliphatic rings. The van der Waals surface area contributed by atoms with Crippen LogP contribution in [0, 0.1) is 0 Å². The van der Waals surface area contributed by atoms with Crippen molar-refractivity contribution in [3.63, 3.8) is 0 Å². The molecule has 2 fully saturated rings. The maximum Gasteiger partial charge on any atom is 0.288 e. The minimum absolute atomic E-state index is 0. The van der Waals surface area contributed by atoms with Crippen LogP contribution in [-0.2, 0) is 4.79 Å². The first-order valence-corrected chi connectivity index (χ1v) is 10.8. The topological polar surface area (TPSA) is 56.8 Å². The summed E-state index contributed by atoms with van der Waals surface area (Å²) in [5, 5.41) is 1.17. The Morgan fingerprint density at radius 3 is 2.48 bits per heavy atom. The highest BCUT2D eigenvalue weighted by Crippen LogP contribution is 2.29. The van der Waals surface area contributed by atoms with Crippen molar-refractivity contribution < 1.29 is 9.59 Å². The average molecular weight is 427 g/mol. The molecule has 0 spiro atoms. The number of hydrogen-bond acceptors (Lipinski definition) is 7. The van der Waals surface area contributed by atoms with Crippen LogP contribution < -0.4 is 4.90 Å². The first-order valence-electron chi connectivity index (χ1n) is 9.01. The molecule has 1 aromatic heterocycles. The zero-order chi connectivity index (χ0) is 17.9. The van der Waals surface area contributed by atoms with Gasteiger partial charge in [-0.15, -0.1) is 12.4 Å². The number of rotatable bonds is 6. The number of thioether (sulfide) groups is 1. The molecule has 0 radical (unpaired) electrons. The first-order chi connectivity index (χ1) is 12.7. The largest absolute Gasteiger partial charge is 0.353 e. The van der Waals surface area contributed by atoms with Gasteiger partial charge in [0, 0.05) is 38.1 Å². The highest BCUT2D eigenvalue weighted by molar-refractivity contribution is 8.14. The van der Waals surface area contributed by atoms with Gasteiger partial charge in [0.25, 0.3) is 5.24 Å². The van der Waals surface area contributed by atoms with Crippen molar-refractivity contribution in [1.82, 2.24) is 14.2 Å². The number of anilines is 1. The molecule has 0 atom stereocenters.